The SMILES string of the molecule is CNc1ccc(C(F)F)cn1. The third-order valence-electron chi connectivity index (χ3n) is 1.29. The first-order chi connectivity index (χ1) is 5.24. The standard InChI is InChI=1S/C7H8F2N2/c1-10-6-3-2-5(4-11-6)7(8)9/h2-4,7H,1H3,(H,10,11). The molecule has 60 valence electrons. The van der Waals surface area contributed by atoms with Crippen LogP contribution in [0.4, 0.5) is 14.6 Å². The number of alkyl halides is 2. The molecule has 0 aliphatic rings. The second-order valence-corrected chi connectivity index (χ2v) is 2.03. The monoisotopic (exact) mass is 158 g/mol. The zero-order chi connectivity index (χ0) is 8.27. The molecule has 0 amide bonds. The van der Waals surface area contributed by atoms with E-state index in [2.05, 4.69) is 10.3 Å². The van der Waals surface area contributed by atoms with Crippen molar-refractivity contribution in [3.63, 3.8) is 0 Å². The smallest absolute Gasteiger partial charge is 0.265 e. The number of pyridine rings is 1. The summed E-state index contributed by atoms with van der Waals surface area (Å²) in [6, 6.07) is 2.87. The van der Waals surface area contributed by atoms with E-state index < -0.39 is 6.43 Å². The van der Waals surface area contributed by atoms with E-state index in [0.29, 0.717) is 5.82 Å². The number of halogens is 2. The van der Waals surface area contributed by atoms with Crippen molar-refractivity contribution < 1.29 is 8.78 Å². The molecule has 0 unspecified atom stereocenters. The fourth-order valence-corrected chi connectivity index (χ4v) is 0.682. The Labute approximate surface area is 63.3 Å². The second kappa shape index (κ2) is 3.27. The molecule has 1 N–H and O–H groups in total. The first-order valence-electron chi connectivity index (χ1n) is 3.16. The van der Waals surface area contributed by atoms with E-state index in [0.717, 1.165) is 6.20 Å². The molecule has 0 saturated heterocycles. The van der Waals surface area contributed by atoms with Crippen LogP contribution in [0.5, 0.6) is 0 Å². The summed E-state index contributed by atoms with van der Waals surface area (Å²) in [4.78, 5) is 3.73. The lowest BCUT2D eigenvalue weighted by Crippen LogP contribution is -1.92. The van der Waals surface area contributed by atoms with Crippen molar-refractivity contribution in [1.82, 2.24) is 4.98 Å². The molecule has 0 bridgehead atoms. The summed E-state index contributed by atoms with van der Waals surface area (Å²) in [5, 5.41) is 2.74. The molecular weight excluding hydrogens is 150 g/mol. The maximum atomic E-state index is 11.9. The number of rotatable bonds is 2. The highest BCUT2D eigenvalue weighted by molar-refractivity contribution is 5.34. The van der Waals surface area contributed by atoms with Crippen LogP contribution in [-0.4, -0.2) is 12.0 Å². The van der Waals surface area contributed by atoms with Crippen molar-refractivity contribution in [2.24, 2.45) is 0 Å². The highest BCUT2D eigenvalue weighted by Crippen LogP contribution is 2.17. The van der Waals surface area contributed by atoms with Gasteiger partial charge in [-0.1, -0.05) is 0 Å². The average Bonchev–Trinajstić information content (AvgIpc) is 2.05. The number of hydrogen-bond donors (Lipinski definition) is 1. The van der Waals surface area contributed by atoms with Crippen molar-refractivity contribution in [3.05, 3.63) is 23.9 Å². The summed E-state index contributed by atoms with van der Waals surface area (Å²) in [7, 11) is 1.68. The van der Waals surface area contributed by atoms with E-state index in [1.165, 1.54) is 12.1 Å². The molecule has 0 fully saturated rings. The van der Waals surface area contributed by atoms with Gasteiger partial charge in [0, 0.05) is 18.8 Å². The number of nitrogens with one attached hydrogen (secondary N) is 1. The highest BCUT2D eigenvalue weighted by Gasteiger charge is 2.05. The lowest BCUT2D eigenvalue weighted by atomic mass is 10.3. The Kier molecular flexibility index (Phi) is 2.36. The predicted octanol–water partition coefficient (Wildman–Crippen LogP) is 2.06. The average molecular weight is 158 g/mol. The molecule has 2 nitrogen and oxygen atoms in total. The molecule has 11 heavy (non-hydrogen) atoms. The van der Waals surface area contributed by atoms with Crippen molar-refractivity contribution >= 4 is 5.82 Å². The summed E-state index contributed by atoms with van der Waals surface area (Å²) in [6.45, 7) is 0. The Morgan fingerprint density at radius 3 is 2.55 bits per heavy atom. The van der Waals surface area contributed by atoms with Crippen molar-refractivity contribution in [2.75, 3.05) is 12.4 Å². The molecule has 4 heteroatoms. The van der Waals surface area contributed by atoms with Gasteiger partial charge >= 0.3 is 0 Å². The van der Waals surface area contributed by atoms with Crippen LogP contribution in [-0.2, 0) is 0 Å². The molecule has 0 radical (unpaired) electrons. The van der Waals surface area contributed by atoms with E-state index >= 15 is 0 Å². The van der Waals surface area contributed by atoms with Gasteiger partial charge in [0.05, 0.1) is 0 Å². The predicted molar refractivity (Wildman–Crippen MR) is 38.7 cm³/mol. The van der Waals surface area contributed by atoms with Gasteiger partial charge in [0.1, 0.15) is 5.82 Å². The first-order valence-corrected chi connectivity index (χ1v) is 3.16. The van der Waals surface area contributed by atoms with Gasteiger partial charge in [-0.25, -0.2) is 13.8 Å². The summed E-state index contributed by atoms with van der Waals surface area (Å²) in [5.74, 6) is 0.592. The summed E-state index contributed by atoms with van der Waals surface area (Å²) >= 11 is 0. The molecule has 0 saturated carbocycles. The van der Waals surface area contributed by atoms with E-state index in [9.17, 15) is 8.78 Å². The zero-order valence-corrected chi connectivity index (χ0v) is 6.01. The van der Waals surface area contributed by atoms with E-state index in [4.69, 9.17) is 0 Å². The van der Waals surface area contributed by atoms with Gasteiger partial charge in [-0.05, 0) is 12.1 Å². The van der Waals surface area contributed by atoms with Crippen molar-refractivity contribution in [3.8, 4) is 0 Å². The quantitative estimate of drug-likeness (QED) is 0.712. The summed E-state index contributed by atoms with van der Waals surface area (Å²) < 4.78 is 23.9. The second-order valence-electron chi connectivity index (χ2n) is 2.03. The molecule has 0 aliphatic carbocycles. The van der Waals surface area contributed by atoms with Gasteiger partial charge in [-0.3, -0.25) is 0 Å². The van der Waals surface area contributed by atoms with Crippen molar-refractivity contribution in [2.45, 2.75) is 6.43 Å². The normalized spacial score (nSPS) is 10.2. The molecule has 0 aromatic carbocycles. The molecule has 1 aromatic heterocycles. The third-order valence-corrected chi connectivity index (χ3v) is 1.29. The van der Waals surface area contributed by atoms with E-state index in [1.54, 1.807) is 7.05 Å². The fourth-order valence-electron chi connectivity index (χ4n) is 0.682. The fraction of sp³-hybridized carbons (Fsp3) is 0.286. The molecule has 0 spiro atoms. The molecule has 1 aromatic rings. The first kappa shape index (κ1) is 7.91. The van der Waals surface area contributed by atoms with Crippen LogP contribution >= 0.6 is 0 Å². The van der Waals surface area contributed by atoms with Crippen LogP contribution in [0.25, 0.3) is 0 Å². The number of nitrogens with zero attached hydrogens (tertiary/aromatic N) is 1. The number of hydrogen-bond acceptors (Lipinski definition) is 2. The van der Waals surface area contributed by atoms with Crippen LogP contribution in [0, 0.1) is 0 Å². The largest absolute Gasteiger partial charge is 0.373 e. The van der Waals surface area contributed by atoms with Gasteiger partial charge in [-0.2, -0.15) is 0 Å². The topological polar surface area (TPSA) is 24.9 Å². The lowest BCUT2D eigenvalue weighted by Gasteiger charge is -2.00. The minimum atomic E-state index is -2.44. The minimum Gasteiger partial charge on any atom is -0.373 e. The third kappa shape index (κ3) is 1.86. The van der Waals surface area contributed by atoms with Crippen LogP contribution in [0.2, 0.25) is 0 Å². The number of anilines is 1. The summed E-state index contributed by atoms with van der Waals surface area (Å²) in [6.07, 6.45) is -1.27. The van der Waals surface area contributed by atoms with Crippen LogP contribution in [0.3, 0.4) is 0 Å². The Morgan fingerprint density at radius 1 is 1.45 bits per heavy atom. The molecule has 0 atom stereocenters. The zero-order valence-electron chi connectivity index (χ0n) is 6.01. The molecule has 1 rings (SSSR count). The molecule has 0 aliphatic heterocycles. The van der Waals surface area contributed by atoms with Crippen LogP contribution in [0.1, 0.15) is 12.0 Å². The summed E-state index contributed by atoms with van der Waals surface area (Å²) in [5.41, 5.74) is -0.0519. The molecular formula is C7H8F2N2. The maximum absolute atomic E-state index is 11.9. The maximum Gasteiger partial charge on any atom is 0.265 e. The van der Waals surface area contributed by atoms with Gasteiger partial charge in [0.15, 0.2) is 0 Å². The Bertz CT molecular complexity index is 220. The Morgan fingerprint density at radius 2 is 2.18 bits per heavy atom. The van der Waals surface area contributed by atoms with Gasteiger partial charge in [-0.15, -0.1) is 0 Å². The highest BCUT2D eigenvalue weighted by atomic mass is 19.3. The van der Waals surface area contributed by atoms with Crippen LogP contribution in [0.15, 0.2) is 18.3 Å². The van der Waals surface area contributed by atoms with Gasteiger partial charge in [0.2, 0.25) is 0 Å². The Balaban J connectivity index is 2.83. The van der Waals surface area contributed by atoms with E-state index in [1.807, 2.05) is 0 Å². The minimum absolute atomic E-state index is 0.0519. The van der Waals surface area contributed by atoms with Gasteiger partial charge < -0.3 is 5.32 Å². The molecule has 1 heterocycles. The van der Waals surface area contributed by atoms with Gasteiger partial charge in [0.25, 0.3) is 6.43 Å². The number of aromatic nitrogens is 1. The Hall–Kier alpha value is -1.19. The lowest BCUT2D eigenvalue weighted by molar-refractivity contribution is 0.151. The van der Waals surface area contributed by atoms with E-state index in [-0.39, 0.29) is 5.56 Å². The van der Waals surface area contributed by atoms with Crippen LogP contribution < -0.4 is 5.32 Å². The van der Waals surface area contributed by atoms with Crippen molar-refractivity contribution in [1.29, 1.82) is 0 Å².